The van der Waals surface area contributed by atoms with E-state index in [0.717, 1.165) is 60.2 Å². The summed E-state index contributed by atoms with van der Waals surface area (Å²) in [6.45, 7) is 13.8. The van der Waals surface area contributed by atoms with Crippen molar-refractivity contribution in [3.8, 4) is 6.07 Å². The van der Waals surface area contributed by atoms with Crippen LogP contribution in [0.3, 0.4) is 0 Å². The van der Waals surface area contributed by atoms with E-state index in [1.807, 2.05) is 11.5 Å². The molecule has 2 fully saturated rings. The lowest BCUT2D eigenvalue weighted by molar-refractivity contribution is -0.0180. The number of aliphatic hydroxyl groups excluding tert-OH is 2. The lowest BCUT2D eigenvalue weighted by atomic mass is 9.76. The van der Waals surface area contributed by atoms with Crippen molar-refractivity contribution in [3.63, 3.8) is 0 Å². The van der Waals surface area contributed by atoms with E-state index in [2.05, 4.69) is 78.7 Å². The molecule has 6 rings (SSSR count). The van der Waals surface area contributed by atoms with E-state index in [1.165, 1.54) is 11.9 Å². The Morgan fingerprint density at radius 3 is 2.60 bits per heavy atom. The zero-order valence-electron chi connectivity index (χ0n) is 26.2. The maximum absolute atomic E-state index is 11.2. The number of benzene rings is 1. The van der Waals surface area contributed by atoms with Crippen LogP contribution in [0.5, 0.6) is 0 Å². The Morgan fingerprint density at radius 1 is 1.14 bits per heavy atom. The van der Waals surface area contributed by atoms with Crippen molar-refractivity contribution in [1.29, 1.82) is 5.26 Å². The number of H-pyrrole nitrogens is 1. The number of aryl methyl sites for hydroxylation is 2. The highest BCUT2D eigenvalue weighted by Crippen LogP contribution is 2.42. The van der Waals surface area contributed by atoms with E-state index in [0.29, 0.717) is 35.6 Å². The van der Waals surface area contributed by atoms with E-state index in [1.54, 1.807) is 6.20 Å². The van der Waals surface area contributed by atoms with Crippen LogP contribution in [0.25, 0.3) is 22.1 Å². The minimum atomic E-state index is -0.922. The van der Waals surface area contributed by atoms with Gasteiger partial charge in [-0.1, -0.05) is 26.8 Å². The number of nitrogens with zero attached hydrogens (tertiary/aromatic N) is 6. The van der Waals surface area contributed by atoms with Gasteiger partial charge in [-0.2, -0.15) is 5.26 Å². The topological polar surface area (TPSA) is 127 Å². The fourth-order valence-corrected chi connectivity index (χ4v) is 7.38. The first-order valence-electron chi connectivity index (χ1n) is 15.8. The molecule has 0 unspecified atom stereocenters. The second-order valence-corrected chi connectivity index (χ2v) is 14.2. The average molecular weight is 584 g/mol. The van der Waals surface area contributed by atoms with Gasteiger partial charge in [0.25, 0.3) is 0 Å². The summed E-state index contributed by atoms with van der Waals surface area (Å²) < 4.78 is 1.89. The summed E-state index contributed by atoms with van der Waals surface area (Å²) in [4.78, 5) is 19.6. The van der Waals surface area contributed by atoms with Crippen molar-refractivity contribution in [3.05, 3.63) is 53.4 Å². The molecule has 4 aromatic rings. The molecule has 3 N–H and O–H groups in total. The smallest absolute Gasteiger partial charge is 0.145 e. The Balaban J connectivity index is 1.08. The van der Waals surface area contributed by atoms with Gasteiger partial charge in [-0.3, -0.25) is 4.90 Å². The number of hydrogen-bond acceptors (Lipinski definition) is 7. The second kappa shape index (κ2) is 11.3. The molecule has 228 valence electrons. The molecule has 2 aliphatic rings. The molecule has 2 saturated carbocycles. The Morgan fingerprint density at radius 2 is 1.91 bits per heavy atom. The predicted octanol–water partition coefficient (Wildman–Crippen LogP) is 5.19. The Bertz CT molecular complexity index is 1650. The van der Waals surface area contributed by atoms with Crippen molar-refractivity contribution in [1.82, 2.24) is 29.4 Å². The number of aromatic nitrogens is 5. The van der Waals surface area contributed by atoms with Crippen LogP contribution in [0.1, 0.15) is 89.0 Å². The largest absolute Gasteiger partial charge is 0.390 e. The van der Waals surface area contributed by atoms with Crippen LogP contribution in [0.2, 0.25) is 0 Å². The normalized spacial score (nSPS) is 26.1. The monoisotopic (exact) mass is 583 g/mol. The SMILES string of the molecule is Cc1ncnc2c1c(C#N)cn2[C@@H]1C[C@H](CN(C(C)C)C2CC(CCc3nc4ccc(C(C)(C)C)cc4[nH]3)C2)[C@@H](O)[C@H]1O. The Hall–Kier alpha value is -3.32. The fourth-order valence-electron chi connectivity index (χ4n) is 7.38. The van der Waals surface area contributed by atoms with Gasteiger partial charge in [-0.05, 0) is 75.5 Å². The lowest BCUT2D eigenvalue weighted by Gasteiger charge is -2.46. The van der Waals surface area contributed by atoms with Crippen molar-refractivity contribution < 1.29 is 10.2 Å². The average Bonchev–Trinajstić information content (AvgIpc) is 3.60. The van der Waals surface area contributed by atoms with Crippen LogP contribution in [-0.2, 0) is 11.8 Å². The molecule has 4 atom stereocenters. The molecule has 0 saturated heterocycles. The fraction of sp³-hybridized carbons (Fsp3) is 0.588. The molecule has 9 heteroatoms. The molecule has 3 heterocycles. The van der Waals surface area contributed by atoms with Gasteiger partial charge in [0, 0.05) is 37.2 Å². The molecule has 43 heavy (non-hydrogen) atoms. The molecule has 3 aromatic heterocycles. The summed E-state index contributed by atoms with van der Waals surface area (Å²) in [7, 11) is 0. The molecule has 0 spiro atoms. The van der Waals surface area contributed by atoms with Gasteiger partial charge in [-0.25, -0.2) is 15.0 Å². The number of aliphatic hydroxyl groups is 2. The minimum Gasteiger partial charge on any atom is -0.390 e. The maximum atomic E-state index is 11.2. The third-order valence-corrected chi connectivity index (χ3v) is 10.0. The van der Waals surface area contributed by atoms with Crippen molar-refractivity contribution in [2.24, 2.45) is 11.8 Å². The summed E-state index contributed by atoms with van der Waals surface area (Å²) in [5.41, 5.74) is 5.47. The summed E-state index contributed by atoms with van der Waals surface area (Å²) in [5, 5.41) is 32.8. The van der Waals surface area contributed by atoms with Crippen molar-refractivity contribution in [2.75, 3.05) is 6.54 Å². The summed E-state index contributed by atoms with van der Waals surface area (Å²) in [6.07, 6.45) is 6.48. The van der Waals surface area contributed by atoms with Gasteiger partial charge in [0.05, 0.1) is 39.8 Å². The van der Waals surface area contributed by atoms with Crippen LogP contribution >= 0.6 is 0 Å². The van der Waals surface area contributed by atoms with Gasteiger partial charge < -0.3 is 19.8 Å². The van der Waals surface area contributed by atoms with E-state index < -0.39 is 12.2 Å². The zero-order chi connectivity index (χ0) is 30.6. The van der Waals surface area contributed by atoms with Gasteiger partial charge in [0.2, 0.25) is 0 Å². The van der Waals surface area contributed by atoms with Gasteiger partial charge in [0.15, 0.2) is 0 Å². The Kier molecular flexibility index (Phi) is 7.82. The van der Waals surface area contributed by atoms with E-state index in [-0.39, 0.29) is 17.4 Å². The standard InChI is InChI=1S/C34H45N7O2/c1-19(2)40(25-11-21(12-25)7-10-29-38-26-9-8-24(34(4,5)6)14-27(26)39-29)16-22-13-28(32(43)31(22)42)41-17-23(15-35)30-20(3)36-18-37-33(30)41/h8-9,14,17-19,21-22,25,28,31-32,42-43H,7,10-13,16H2,1-6H3,(H,38,39)/t21?,22-,25?,28-,31-,32+/m1/s1. The minimum absolute atomic E-state index is 0.0686. The number of hydrogen-bond donors (Lipinski definition) is 3. The van der Waals surface area contributed by atoms with Crippen LogP contribution < -0.4 is 0 Å². The van der Waals surface area contributed by atoms with Crippen LogP contribution in [0.15, 0.2) is 30.7 Å². The van der Waals surface area contributed by atoms with Crippen LogP contribution in [0, 0.1) is 30.1 Å². The number of fused-ring (bicyclic) bond motifs is 2. The number of nitrogens with one attached hydrogen (secondary N) is 1. The van der Waals surface area contributed by atoms with E-state index >= 15 is 0 Å². The molecule has 0 bridgehead atoms. The van der Waals surface area contributed by atoms with Gasteiger partial charge in [0.1, 0.15) is 30.0 Å². The zero-order valence-corrected chi connectivity index (χ0v) is 26.2. The number of nitriles is 1. The molecular weight excluding hydrogens is 538 g/mol. The molecule has 0 amide bonds. The van der Waals surface area contributed by atoms with Gasteiger partial charge >= 0.3 is 0 Å². The van der Waals surface area contributed by atoms with Gasteiger partial charge in [-0.15, -0.1) is 0 Å². The first kappa shape index (κ1) is 29.7. The van der Waals surface area contributed by atoms with Crippen LogP contribution in [0.4, 0.5) is 0 Å². The predicted molar refractivity (Wildman–Crippen MR) is 168 cm³/mol. The highest BCUT2D eigenvalue weighted by molar-refractivity contribution is 5.85. The molecule has 9 nitrogen and oxygen atoms in total. The highest BCUT2D eigenvalue weighted by Gasteiger charge is 2.45. The molecular formula is C34H45N7O2. The van der Waals surface area contributed by atoms with Crippen molar-refractivity contribution >= 4 is 22.1 Å². The van der Waals surface area contributed by atoms with E-state index in [9.17, 15) is 15.5 Å². The highest BCUT2D eigenvalue weighted by atomic mass is 16.3. The summed E-state index contributed by atoms with van der Waals surface area (Å²) in [5.74, 6) is 1.66. The summed E-state index contributed by atoms with van der Waals surface area (Å²) in [6, 6.07) is 9.28. The van der Waals surface area contributed by atoms with Crippen molar-refractivity contribution in [2.45, 2.75) is 109 Å². The third kappa shape index (κ3) is 5.57. The second-order valence-electron chi connectivity index (χ2n) is 14.2. The first-order valence-corrected chi connectivity index (χ1v) is 15.8. The maximum Gasteiger partial charge on any atom is 0.145 e. The first-order chi connectivity index (χ1) is 20.4. The Labute approximate surface area is 254 Å². The molecule has 0 radical (unpaired) electrons. The lowest BCUT2D eigenvalue weighted by Crippen LogP contribution is -2.51. The third-order valence-electron chi connectivity index (χ3n) is 10.0. The quantitative estimate of drug-likeness (QED) is 0.261. The number of aromatic amines is 1. The van der Waals surface area contributed by atoms with Crippen LogP contribution in [-0.4, -0.2) is 70.5 Å². The molecule has 2 aliphatic carbocycles. The van der Waals surface area contributed by atoms with E-state index in [4.69, 9.17) is 4.98 Å². The molecule has 0 aliphatic heterocycles. The summed E-state index contributed by atoms with van der Waals surface area (Å²) >= 11 is 0. The molecule has 1 aromatic carbocycles. The number of rotatable bonds is 8. The number of imidazole rings is 1.